The van der Waals surface area contributed by atoms with Crippen LogP contribution >= 0.6 is 0 Å². The fourth-order valence-corrected chi connectivity index (χ4v) is 1.48. The highest BCUT2D eigenvalue weighted by Crippen LogP contribution is 2.17. The SMILES string of the molecule is CCNCc1cnc(C(CC)OCC)[nH]1. The monoisotopic (exact) mass is 211 g/mol. The molecular formula is C11H21N3O. The molecule has 1 rings (SSSR count). The number of nitrogens with one attached hydrogen (secondary N) is 2. The van der Waals surface area contributed by atoms with E-state index in [-0.39, 0.29) is 6.10 Å². The predicted octanol–water partition coefficient (Wildman–Crippen LogP) is 2.01. The Labute approximate surface area is 91.4 Å². The van der Waals surface area contributed by atoms with Gasteiger partial charge in [-0.25, -0.2) is 4.98 Å². The molecule has 4 heteroatoms. The lowest BCUT2D eigenvalue weighted by Crippen LogP contribution is -2.12. The van der Waals surface area contributed by atoms with Gasteiger partial charge in [-0.05, 0) is 19.9 Å². The lowest BCUT2D eigenvalue weighted by atomic mass is 10.2. The van der Waals surface area contributed by atoms with Crippen molar-refractivity contribution in [3.8, 4) is 0 Å². The van der Waals surface area contributed by atoms with Crippen molar-refractivity contribution in [1.82, 2.24) is 15.3 Å². The highest BCUT2D eigenvalue weighted by atomic mass is 16.5. The van der Waals surface area contributed by atoms with Crippen LogP contribution in [0.1, 0.15) is 44.8 Å². The molecule has 0 fully saturated rings. The molecule has 0 saturated heterocycles. The Morgan fingerprint density at radius 1 is 1.47 bits per heavy atom. The summed E-state index contributed by atoms with van der Waals surface area (Å²) < 4.78 is 5.58. The van der Waals surface area contributed by atoms with Gasteiger partial charge in [0.1, 0.15) is 11.9 Å². The van der Waals surface area contributed by atoms with E-state index in [2.05, 4.69) is 29.1 Å². The third kappa shape index (κ3) is 3.64. The van der Waals surface area contributed by atoms with E-state index < -0.39 is 0 Å². The molecule has 1 heterocycles. The van der Waals surface area contributed by atoms with Gasteiger partial charge in [0.05, 0.1) is 0 Å². The molecule has 0 bridgehead atoms. The van der Waals surface area contributed by atoms with E-state index in [0.717, 1.165) is 37.6 Å². The summed E-state index contributed by atoms with van der Waals surface area (Å²) in [5.41, 5.74) is 1.12. The van der Waals surface area contributed by atoms with Crippen LogP contribution in [-0.2, 0) is 11.3 Å². The number of hydrogen-bond acceptors (Lipinski definition) is 3. The normalized spacial score (nSPS) is 13.0. The number of imidazole rings is 1. The third-order valence-corrected chi connectivity index (χ3v) is 2.26. The van der Waals surface area contributed by atoms with E-state index in [0.29, 0.717) is 0 Å². The van der Waals surface area contributed by atoms with E-state index in [9.17, 15) is 0 Å². The van der Waals surface area contributed by atoms with Gasteiger partial charge in [0.15, 0.2) is 0 Å². The largest absolute Gasteiger partial charge is 0.371 e. The van der Waals surface area contributed by atoms with E-state index in [1.807, 2.05) is 13.1 Å². The number of H-pyrrole nitrogens is 1. The third-order valence-electron chi connectivity index (χ3n) is 2.26. The van der Waals surface area contributed by atoms with Crippen molar-refractivity contribution < 1.29 is 4.74 Å². The highest BCUT2D eigenvalue weighted by Gasteiger charge is 2.12. The van der Waals surface area contributed by atoms with Gasteiger partial charge in [-0.3, -0.25) is 0 Å². The molecule has 0 spiro atoms. The summed E-state index contributed by atoms with van der Waals surface area (Å²) in [6.07, 6.45) is 2.92. The Kier molecular flexibility index (Phi) is 5.36. The molecule has 0 aliphatic heterocycles. The molecule has 86 valence electrons. The lowest BCUT2D eigenvalue weighted by Gasteiger charge is -2.11. The van der Waals surface area contributed by atoms with Gasteiger partial charge < -0.3 is 15.0 Å². The maximum Gasteiger partial charge on any atom is 0.135 e. The van der Waals surface area contributed by atoms with Gasteiger partial charge in [-0.1, -0.05) is 13.8 Å². The molecule has 1 unspecified atom stereocenters. The maximum absolute atomic E-state index is 5.58. The molecule has 1 aromatic heterocycles. The molecule has 4 nitrogen and oxygen atoms in total. The number of hydrogen-bond donors (Lipinski definition) is 2. The predicted molar refractivity (Wildman–Crippen MR) is 60.6 cm³/mol. The van der Waals surface area contributed by atoms with E-state index in [1.54, 1.807) is 0 Å². The molecule has 1 atom stereocenters. The summed E-state index contributed by atoms with van der Waals surface area (Å²) in [4.78, 5) is 7.62. The topological polar surface area (TPSA) is 49.9 Å². The standard InChI is InChI=1S/C11H21N3O/c1-4-10(15-6-3)11-13-8-9(14-11)7-12-5-2/h8,10,12H,4-7H2,1-3H3,(H,13,14). The lowest BCUT2D eigenvalue weighted by molar-refractivity contribution is 0.0540. The Balaban J connectivity index is 2.56. The van der Waals surface area contributed by atoms with Crippen LogP contribution in [-0.4, -0.2) is 23.1 Å². The molecule has 0 radical (unpaired) electrons. The van der Waals surface area contributed by atoms with Crippen molar-refractivity contribution in [2.24, 2.45) is 0 Å². The van der Waals surface area contributed by atoms with Crippen molar-refractivity contribution in [2.45, 2.75) is 39.8 Å². The van der Waals surface area contributed by atoms with Crippen molar-refractivity contribution >= 4 is 0 Å². The zero-order valence-electron chi connectivity index (χ0n) is 9.84. The molecule has 0 saturated carbocycles. The quantitative estimate of drug-likeness (QED) is 0.725. The molecular weight excluding hydrogens is 190 g/mol. The Morgan fingerprint density at radius 2 is 2.27 bits per heavy atom. The first kappa shape index (κ1) is 12.2. The first-order valence-electron chi connectivity index (χ1n) is 5.67. The maximum atomic E-state index is 5.58. The fourth-order valence-electron chi connectivity index (χ4n) is 1.48. The number of ether oxygens (including phenoxy) is 1. The molecule has 1 aromatic rings. The van der Waals surface area contributed by atoms with E-state index in [1.165, 1.54) is 0 Å². The van der Waals surface area contributed by atoms with Gasteiger partial charge in [0.25, 0.3) is 0 Å². The smallest absolute Gasteiger partial charge is 0.135 e. The summed E-state index contributed by atoms with van der Waals surface area (Å²) in [5.74, 6) is 0.937. The second kappa shape index (κ2) is 6.58. The number of aromatic nitrogens is 2. The van der Waals surface area contributed by atoms with Crippen LogP contribution in [0.2, 0.25) is 0 Å². The molecule has 2 N–H and O–H groups in total. The zero-order chi connectivity index (χ0) is 11.1. The molecule has 0 amide bonds. The van der Waals surface area contributed by atoms with Crippen LogP contribution in [0.3, 0.4) is 0 Å². The Bertz CT molecular complexity index is 273. The van der Waals surface area contributed by atoms with Crippen LogP contribution in [0.5, 0.6) is 0 Å². The minimum absolute atomic E-state index is 0.102. The average molecular weight is 211 g/mol. The van der Waals surface area contributed by atoms with Gasteiger partial charge in [-0.15, -0.1) is 0 Å². The van der Waals surface area contributed by atoms with E-state index in [4.69, 9.17) is 4.74 Å². The van der Waals surface area contributed by atoms with Gasteiger partial charge in [0.2, 0.25) is 0 Å². The van der Waals surface area contributed by atoms with Crippen molar-refractivity contribution in [3.63, 3.8) is 0 Å². The van der Waals surface area contributed by atoms with Gasteiger partial charge >= 0.3 is 0 Å². The van der Waals surface area contributed by atoms with E-state index >= 15 is 0 Å². The second-order valence-electron chi connectivity index (χ2n) is 3.43. The number of aromatic amines is 1. The summed E-state index contributed by atoms with van der Waals surface area (Å²) in [6, 6.07) is 0. The van der Waals surface area contributed by atoms with Crippen LogP contribution < -0.4 is 5.32 Å². The summed E-state index contributed by atoms with van der Waals surface area (Å²) >= 11 is 0. The first-order chi connectivity index (χ1) is 7.31. The van der Waals surface area contributed by atoms with Gasteiger partial charge in [-0.2, -0.15) is 0 Å². The highest BCUT2D eigenvalue weighted by molar-refractivity contribution is 5.03. The molecule has 0 aliphatic rings. The summed E-state index contributed by atoms with van der Waals surface area (Å²) in [6.45, 7) is 8.73. The molecule has 0 aliphatic carbocycles. The van der Waals surface area contributed by atoms with Crippen LogP contribution in [0.15, 0.2) is 6.20 Å². The summed E-state index contributed by atoms with van der Waals surface area (Å²) in [7, 11) is 0. The van der Waals surface area contributed by atoms with Crippen molar-refractivity contribution in [1.29, 1.82) is 0 Å². The number of rotatable bonds is 7. The van der Waals surface area contributed by atoms with Gasteiger partial charge in [0, 0.05) is 25.0 Å². The second-order valence-corrected chi connectivity index (χ2v) is 3.43. The van der Waals surface area contributed by atoms with Crippen LogP contribution in [0.4, 0.5) is 0 Å². The van der Waals surface area contributed by atoms with Crippen molar-refractivity contribution in [3.05, 3.63) is 17.7 Å². The summed E-state index contributed by atoms with van der Waals surface area (Å²) in [5, 5.41) is 3.25. The van der Waals surface area contributed by atoms with Crippen molar-refractivity contribution in [2.75, 3.05) is 13.2 Å². The Morgan fingerprint density at radius 3 is 2.87 bits per heavy atom. The minimum Gasteiger partial charge on any atom is -0.371 e. The van der Waals surface area contributed by atoms with Crippen LogP contribution in [0.25, 0.3) is 0 Å². The zero-order valence-corrected chi connectivity index (χ0v) is 9.84. The minimum atomic E-state index is 0.102. The average Bonchev–Trinajstić information content (AvgIpc) is 2.71. The van der Waals surface area contributed by atoms with Crippen LogP contribution in [0, 0.1) is 0 Å². The fraction of sp³-hybridized carbons (Fsp3) is 0.727. The first-order valence-corrected chi connectivity index (χ1v) is 5.67. The molecule has 15 heavy (non-hydrogen) atoms. The Hall–Kier alpha value is -0.870. The number of nitrogens with zero attached hydrogens (tertiary/aromatic N) is 1. The molecule has 0 aromatic carbocycles.